The van der Waals surface area contributed by atoms with Crippen molar-refractivity contribution in [2.24, 2.45) is 5.73 Å². The van der Waals surface area contributed by atoms with E-state index in [9.17, 15) is 9.59 Å². The molecule has 0 saturated heterocycles. The van der Waals surface area contributed by atoms with E-state index >= 15 is 0 Å². The van der Waals surface area contributed by atoms with Crippen molar-refractivity contribution in [3.63, 3.8) is 0 Å². The summed E-state index contributed by atoms with van der Waals surface area (Å²) in [6.07, 6.45) is 0. The fourth-order valence-corrected chi connectivity index (χ4v) is 0.810. The molecule has 0 aromatic heterocycles. The summed E-state index contributed by atoms with van der Waals surface area (Å²) < 4.78 is 10.3. The Labute approximate surface area is 139 Å². The van der Waals surface area contributed by atoms with Crippen molar-refractivity contribution in [3.05, 3.63) is 24.3 Å². The van der Waals surface area contributed by atoms with Crippen molar-refractivity contribution < 1.29 is 36.0 Å². The number of nitrogens with zero attached hydrogens (tertiary/aromatic N) is 1. The molecule has 0 aromatic rings. The first kappa shape index (κ1) is 25.6. The second-order valence-corrected chi connectivity index (χ2v) is 5.64. The van der Waals surface area contributed by atoms with Crippen LogP contribution < -0.4 is 18.1 Å². The van der Waals surface area contributed by atoms with Gasteiger partial charge in [-0.2, -0.15) is 0 Å². The fraction of sp³-hybridized carbons (Fsp3) is 0.600. The lowest BCUT2D eigenvalue weighted by Gasteiger charge is -2.23. The van der Waals surface area contributed by atoms with E-state index in [1.54, 1.807) is 13.8 Å². The van der Waals surface area contributed by atoms with E-state index in [2.05, 4.69) is 39.0 Å². The van der Waals surface area contributed by atoms with Gasteiger partial charge in [-0.3, -0.25) is 0 Å². The van der Waals surface area contributed by atoms with Gasteiger partial charge in [0, 0.05) is 17.7 Å². The maximum absolute atomic E-state index is 10.9. The van der Waals surface area contributed by atoms with Gasteiger partial charge in [0.1, 0.15) is 19.8 Å². The Morgan fingerprint density at radius 1 is 0.955 bits per heavy atom. The predicted octanol–water partition coefficient (Wildman–Crippen LogP) is -2.12. The molecule has 0 spiro atoms. The Morgan fingerprint density at radius 3 is 1.59 bits per heavy atom. The highest BCUT2D eigenvalue weighted by molar-refractivity contribution is 5.87. The molecule has 0 rings (SSSR count). The van der Waals surface area contributed by atoms with Crippen molar-refractivity contribution in [2.75, 3.05) is 47.4 Å². The quantitative estimate of drug-likeness (QED) is 0.327. The fourth-order valence-electron chi connectivity index (χ4n) is 0.810. The Bertz CT molecular complexity index is 376. The summed E-state index contributed by atoms with van der Waals surface area (Å²) in [4.78, 5) is 21.4. The molecule has 0 unspecified atom stereocenters. The highest BCUT2D eigenvalue weighted by Gasteiger charge is 2.09. The maximum Gasteiger partial charge on any atom is 0.333 e. The summed E-state index contributed by atoms with van der Waals surface area (Å²) in [5, 5.41) is 0. The number of esters is 2. The van der Waals surface area contributed by atoms with E-state index in [1.165, 1.54) is 0 Å². The number of carbonyl (C=O) groups excluding carboxylic acids is 2. The molecule has 0 bridgehead atoms. The Hall–Kier alpha value is -1.37. The maximum atomic E-state index is 10.9. The lowest BCUT2D eigenvalue weighted by atomic mass is 10.4. The Balaban J connectivity index is -0.000000326. The van der Waals surface area contributed by atoms with E-state index in [0.717, 1.165) is 11.0 Å². The van der Waals surface area contributed by atoms with Crippen LogP contribution in [0.5, 0.6) is 0 Å². The summed E-state index contributed by atoms with van der Waals surface area (Å²) in [7, 11) is 6.15. The molecule has 6 nitrogen and oxygen atoms in total. The van der Waals surface area contributed by atoms with Crippen LogP contribution >= 0.6 is 0 Å². The minimum Gasteiger partial charge on any atom is -1.00 e. The third kappa shape index (κ3) is 18.6. The smallest absolute Gasteiger partial charge is 0.333 e. The SMILES string of the molecule is C=C(C)C(=O)OCCN.C=C(C)C(=O)OCC[N+](C)(C)C.[Cl-]. The van der Waals surface area contributed by atoms with Crippen LogP contribution in [0.2, 0.25) is 0 Å². The van der Waals surface area contributed by atoms with E-state index < -0.39 is 0 Å². The number of nitrogens with two attached hydrogens (primary N) is 1. The molecule has 0 heterocycles. The minimum atomic E-state index is -0.375. The summed E-state index contributed by atoms with van der Waals surface area (Å²) in [5.41, 5.74) is 5.93. The predicted molar refractivity (Wildman–Crippen MR) is 83.5 cm³/mol. The summed E-state index contributed by atoms with van der Waals surface area (Å²) in [6.45, 7) is 12.0. The third-order valence-corrected chi connectivity index (χ3v) is 2.04. The van der Waals surface area contributed by atoms with Crippen LogP contribution in [-0.2, 0) is 19.1 Å². The van der Waals surface area contributed by atoms with Gasteiger partial charge in [-0.25, -0.2) is 9.59 Å². The Kier molecular flexibility index (Phi) is 15.5. The number of hydrogen-bond donors (Lipinski definition) is 1. The van der Waals surface area contributed by atoms with E-state index in [0.29, 0.717) is 24.3 Å². The van der Waals surface area contributed by atoms with E-state index in [1.807, 2.05) is 0 Å². The van der Waals surface area contributed by atoms with E-state index in [4.69, 9.17) is 10.5 Å². The van der Waals surface area contributed by atoms with Crippen LogP contribution in [0.25, 0.3) is 0 Å². The summed E-state index contributed by atoms with van der Waals surface area (Å²) in [6, 6.07) is 0. The molecular formula is C15H29ClN2O4. The zero-order valence-corrected chi connectivity index (χ0v) is 15.0. The number of halogens is 1. The van der Waals surface area contributed by atoms with Gasteiger partial charge in [0.2, 0.25) is 0 Å². The van der Waals surface area contributed by atoms with Crippen LogP contribution in [0.1, 0.15) is 13.8 Å². The van der Waals surface area contributed by atoms with Crippen LogP contribution in [-0.4, -0.2) is 63.9 Å². The van der Waals surface area contributed by atoms with Crippen LogP contribution in [0, 0.1) is 0 Å². The molecule has 0 fully saturated rings. The van der Waals surface area contributed by atoms with Crippen molar-refractivity contribution in [3.8, 4) is 0 Å². The second kappa shape index (κ2) is 13.3. The molecular weight excluding hydrogens is 308 g/mol. The monoisotopic (exact) mass is 336 g/mol. The highest BCUT2D eigenvalue weighted by atomic mass is 35.5. The van der Waals surface area contributed by atoms with E-state index in [-0.39, 0.29) is 31.0 Å². The first-order valence-electron chi connectivity index (χ1n) is 6.67. The zero-order chi connectivity index (χ0) is 17.1. The minimum absolute atomic E-state index is 0. The molecule has 0 aromatic carbocycles. The molecule has 2 N–H and O–H groups in total. The first-order chi connectivity index (χ1) is 9.51. The molecule has 22 heavy (non-hydrogen) atoms. The first-order valence-corrected chi connectivity index (χ1v) is 6.67. The summed E-state index contributed by atoms with van der Waals surface area (Å²) >= 11 is 0. The van der Waals surface area contributed by atoms with Gasteiger partial charge in [-0.05, 0) is 13.8 Å². The van der Waals surface area contributed by atoms with Gasteiger partial charge in [-0.15, -0.1) is 0 Å². The van der Waals surface area contributed by atoms with Crippen molar-refractivity contribution in [1.82, 2.24) is 0 Å². The molecule has 7 heteroatoms. The summed E-state index contributed by atoms with van der Waals surface area (Å²) in [5.74, 6) is -0.677. The number of quaternary nitrogens is 1. The van der Waals surface area contributed by atoms with Crippen molar-refractivity contribution in [1.29, 1.82) is 0 Å². The van der Waals surface area contributed by atoms with Gasteiger partial charge in [0.15, 0.2) is 0 Å². The third-order valence-electron chi connectivity index (χ3n) is 2.04. The van der Waals surface area contributed by atoms with Gasteiger partial charge < -0.3 is 32.1 Å². The number of rotatable bonds is 7. The number of hydrogen-bond acceptors (Lipinski definition) is 5. The lowest BCUT2D eigenvalue weighted by Crippen LogP contribution is -3.00. The average Bonchev–Trinajstić information content (AvgIpc) is 2.34. The normalized spacial score (nSPS) is 9.55. The number of carbonyl (C=O) groups is 2. The topological polar surface area (TPSA) is 78.6 Å². The van der Waals surface area contributed by atoms with Crippen molar-refractivity contribution in [2.45, 2.75) is 13.8 Å². The highest BCUT2D eigenvalue weighted by Crippen LogP contribution is 1.94. The molecule has 0 aliphatic carbocycles. The standard InChI is InChI=1S/C9H18NO2.C6H11NO2.ClH/c1-8(2)9(11)12-7-6-10(3,4)5;1-5(2)6(8)9-4-3-7;/h1,6-7H2,2-5H3;1,3-4,7H2,2H3;1H/q+1;;/p-1. The van der Waals surface area contributed by atoms with Gasteiger partial charge in [0.05, 0.1) is 21.1 Å². The zero-order valence-electron chi connectivity index (χ0n) is 14.3. The number of likely N-dealkylation sites (N-methyl/N-ethyl adjacent to an activating group) is 1. The molecule has 0 atom stereocenters. The van der Waals surface area contributed by atoms with Crippen LogP contribution in [0.15, 0.2) is 24.3 Å². The van der Waals surface area contributed by atoms with Gasteiger partial charge in [0.25, 0.3) is 0 Å². The molecule has 0 aliphatic heterocycles. The largest absolute Gasteiger partial charge is 1.00 e. The van der Waals surface area contributed by atoms with Gasteiger partial charge in [-0.1, -0.05) is 13.2 Å². The molecule has 130 valence electrons. The molecule has 0 aliphatic rings. The Morgan fingerprint density at radius 2 is 1.32 bits per heavy atom. The van der Waals surface area contributed by atoms with Gasteiger partial charge >= 0.3 is 11.9 Å². The molecule has 0 saturated carbocycles. The van der Waals surface area contributed by atoms with Crippen molar-refractivity contribution >= 4 is 11.9 Å². The second-order valence-electron chi connectivity index (χ2n) is 5.64. The lowest BCUT2D eigenvalue weighted by molar-refractivity contribution is -0.870. The molecule has 0 amide bonds. The molecule has 0 radical (unpaired) electrons. The average molecular weight is 337 g/mol. The van der Waals surface area contributed by atoms with Crippen LogP contribution in [0.4, 0.5) is 0 Å². The van der Waals surface area contributed by atoms with Crippen LogP contribution in [0.3, 0.4) is 0 Å². The number of ether oxygens (including phenoxy) is 2.